The molecule has 1 aromatic rings. The molecule has 2 N–H and O–H groups in total. The van der Waals surface area contributed by atoms with E-state index in [2.05, 4.69) is 9.88 Å². The van der Waals surface area contributed by atoms with Crippen molar-refractivity contribution in [2.45, 2.75) is 39.3 Å². The van der Waals surface area contributed by atoms with Gasteiger partial charge in [0.15, 0.2) is 0 Å². The maximum atomic E-state index is 12.0. The molecular weight excluding hydrogens is 280 g/mol. The van der Waals surface area contributed by atoms with Crippen LogP contribution >= 0.6 is 0 Å². The molecule has 0 aliphatic carbocycles. The number of nitrogens with two attached hydrogens (primary N) is 1. The number of amides is 1. The molecule has 6 nitrogen and oxygen atoms in total. The average molecular weight is 306 g/mol. The topological polar surface area (TPSA) is 71.7 Å². The molecule has 1 saturated heterocycles. The predicted molar refractivity (Wildman–Crippen MR) is 86.9 cm³/mol. The van der Waals surface area contributed by atoms with Gasteiger partial charge < -0.3 is 20.3 Å². The number of nitrogens with zero attached hydrogens (tertiary/aromatic N) is 3. The molecule has 122 valence electrons. The number of hydrogen-bond donors (Lipinski definition) is 1. The molecule has 1 amide bonds. The summed E-state index contributed by atoms with van der Waals surface area (Å²) in [6.45, 7) is 10.4. The molecule has 0 bridgehead atoms. The van der Waals surface area contributed by atoms with Crippen LogP contribution in [-0.4, -0.2) is 47.8 Å². The number of ether oxygens (including phenoxy) is 1. The maximum absolute atomic E-state index is 12.0. The lowest BCUT2D eigenvalue weighted by atomic mass is 10.1. The minimum absolute atomic E-state index is 0.00874. The van der Waals surface area contributed by atoms with E-state index in [0.29, 0.717) is 13.1 Å². The third-order valence-electron chi connectivity index (χ3n) is 3.55. The fourth-order valence-electron chi connectivity index (χ4n) is 2.30. The fourth-order valence-corrected chi connectivity index (χ4v) is 2.30. The number of anilines is 1. The molecular formula is C16H26N4O2. The minimum atomic E-state index is -0.454. The van der Waals surface area contributed by atoms with Gasteiger partial charge in [-0.2, -0.15) is 0 Å². The summed E-state index contributed by atoms with van der Waals surface area (Å²) in [7, 11) is 0. The fraction of sp³-hybridized carbons (Fsp3) is 0.625. The average Bonchev–Trinajstić information content (AvgIpc) is 2.46. The van der Waals surface area contributed by atoms with Gasteiger partial charge in [0, 0.05) is 38.4 Å². The lowest BCUT2D eigenvalue weighted by Crippen LogP contribution is -2.50. The van der Waals surface area contributed by atoms with Gasteiger partial charge in [0.05, 0.1) is 0 Å². The van der Waals surface area contributed by atoms with Gasteiger partial charge in [-0.3, -0.25) is 0 Å². The number of piperazine rings is 1. The number of carbonyl (C=O) groups is 1. The van der Waals surface area contributed by atoms with Gasteiger partial charge in [0.1, 0.15) is 11.4 Å². The molecule has 0 saturated carbocycles. The lowest BCUT2D eigenvalue weighted by Gasteiger charge is -2.36. The van der Waals surface area contributed by atoms with E-state index < -0.39 is 5.60 Å². The van der Waals surface area contributed by atoms with Crippen LogP contribution in [0.4, 0.5) is 10.6 Å². The van der Waals surface area contributed by atoms with Crippen LogP contribution in [0.3, 0.4) is 0 Å². The van der Waals surface area contributed by atoms with E-state index in [1.165, 1.54) is 0 Å². The van der Waals surface area contributed by atoms with Gasteiger partial charge in [0.2, 0.25) is 0 Å². The summed E-state index contributed by atoms with van der Waals surface area (Å²) in [6, 6.07) is 3.99. The first kappa shape index (κ1) is 16.5. The zero-order chi connectivity index (χ0) is 16.3. The van der Waals surface area contributed by atoms with Crippen LogP contribution in [0.25, 0.3) is 0 Å². The zero-order valence-electron chi connectivity index (χ0n) is 13.9. The normalized spacial score (nSPS) is 17.3. The summed E-state index contributed by atoms with van der Waals surface area (Å²) in [5, 5.41) is 0. The second kappa shape index (κ2) is 6.52. The predicted octanol–water partition coefficient (Wildman–Crippen LogP) is 2.16. The summed E-state index contributed by atoms with van der Waals surface area (Å²) in [5.41, 5.74) is 6.40. The van der Waals surface area contributed by atoms with E-state index in [1.807, 2.05) is 46.0 Å². The second-order valence-corrected chi connectivity index (χ2v) is 6.69. The standard InChI is InChI=1S/C16H26N4O2/c1-12(17)13-5-6-14(18-11-13)19-7-9-20(10-8-19)15(21)22-16(2,3)4/h5-6,11-12H,7-10,17H2,1-4H3/t12-/m1/s1. The summed E-state index contributed by atoms with van der Waals surface area (Å²) in [6.07, 6.45) is 1.58. The maximum Gasteiger partial charge on any atom is 0.410 e. The van der Waals surface area contributed by atoms with Crippen molar-refractivity contribution in [1.82, 2.24) is 9.88 Å². The number of carbonyl (C=O) groups excluding carboxylic acids is 1. The Morgan fingerprint density at radius 3 is 2.36 bits per heavy atom. The van der Waals surface area contributed by atoms with Crippen molar-refractivity contribution in [3.05, 3.63) is 23.9 Å². The number of pyridine rings is 1. The molecule has 6 heteroatoms. The highest BCUT2D eigenvalue weighted by molar-refractivity contribution is 5.68. The quantitative estimate of drug-likeness (QED) is 0.906. The zero-order valence-corrected chi connectivity index (χ0v) is 13.9. The van der Waals surface area contributed by atoms with E-state index in [0.717, 1.165) is 24.5 Å². The molecule has 2 heterocycles. The van der Waals surface area contributed by atoms with Crippen LogP contribution in [-0.2, 0) is 4.74 Å². The van der Waals surface area contributed by atoms with Crippen molar-refractivity contribution in [3.8, 4) is 0 Å². The first-order valence-electron chi connectivity index (χ1n) is 7.71. The van der Waals surface area contributed by atoms with Crippen LogP contribution in [0.5, 0.6) is 0 Å². The first-order valence-corrected chi connectivity index (χ1v) is 7.71. The number of aromatic nitrogens is 1. The Morgan fingerprint density at radius 2 is 1.91 bits per heavy atom. The van der Waals surface area contributed by atoms with Gasteiger partial charge in [-0.25, -0.2) is 9.78 Å². The van der Waals surface area contributed by atoms with Crippen LogP contribution in [0.1, 0.15) is 39.3 Å². The van der Waals surface area contributed by atoms with Crippen molar-refractivity contribution in [2.75, 3.05) is 31.1 Å². The van der Waals surface area contributed by atoms with E-state index in [-0.39, 0.29) is 12.1 Å². The Balaban J connectivity index is 1.90. The van der Waals surface area contributed by atoms with Crippen LogP contribution in [0.15, 0.2) is 18.3 Å². The van der Waals surface area contributed by atoms with Crippen LogP contribution in [0, 0.1) is 0 Å². The summed E-state index contributed by atoms with van der Waals surface area (Å²) < 4.78 is 5.40. The number of hydrogen-bond acceptors (Lipinski definition) is 5. The molecule has 1 aliphatic rings. The van der Waals surface area contributed by atoms with Gasteiger partial charge in [-0.05, 0) is 39.3 Å². The Morgan fingerprint density at radius 1 is 1.27 bits per heavy atom. The van der Waals surface area contributed by atoms with Crippen LogP contribution < -0.4 is 10.6 Å². The Labute approximate surface area is 132 Å². The minimum Gasteiger partial charge on any atom is -0.444 e. The van der Waals surface area contributed by atoms with Gasteiger partial charge >= 0.3 is 6.09 Å². The SMILES string of the molecule is C[C@@H](N)c1ccc(N2CCN(C(=O)OC(C)(C)C)CC2)nc1. The molecule has 0 spiro atoms. The Kier molecular flexibility index (Phi) is 4.90. The summed E-state index contributed by atoms with van der Waals surface area (Å²) >= 11 is 0. The van der Waals surface area contributed by atoms with Crippen molar-refractivity contribution in [3.63, 3.8) is 0 Å². The van der Waals surface area contributed by atoms with Gasteiger partial charge in [-0.1, -0.05) is 6.07 Å². The lowest BCUT2D eigenvalue weighted by molar-refractivity contribution is 0.0240. The molecule has 1 atom stereocenters. The van der Waals surface area contributed by atoms with Gasteiger partial charge in [0.25, 0.3) is 0 Å². The second-order valence-electron chi connectivity index (χ2n) is 6.69. The monoisotopic (exact) mass is 306 g/mol. The highest BCUT2D eigenvalue weighted by Gasteiger charge is 2.26. The van der Waals surface area contributed by atoms with Crippen molar-refractivity contribution in [2.24, 2.45) is 5.73 Å². The van der Waals surface area contributed by atoms with E-state index in [4.69, 9.17) is 10.5 Å². The smallest absolute Gasteiger partial charge is 0.410 e. The molecule has 1 aliphatic heterocycles. The van der Waals surface area contributed by atoms with Crippen LogP contribution in [0.2, 0.25) is 0 Å². The first-order chi connectivity index (χ1) is 10.3. The third kappa shape index (κ3) is 4.34. The Bertz CT molecular complexity index is 500. The van der Waals surface area contributed by atoms with E-state index in [9.17, 15) is 4.79 Å². The molecule has 1 fully saturated rings. The molecule has 0 aromatic carbocycles. The molecule has 1 aromatic heterocycles. The highest BCUT2D eigenvalue weighted by atomic mass is 16.6. The largest absolute Gasteiger partial charge is 0.444 e. The number of rotatable bonds is 2. The van der Waals surface area contributed by atoms with Crippen molar-refractivity contribution >= 4 is 11.9 Å². The van der Waals surface area contributed by atoms with E-state index in [1.54, 1.807) is 4.90 Å². The van der Waals surface area contributed by atoms with Crippen molar-refractivity contribution in [1.29, 1.82) is 0 Å². The van der Waals surface area contributed by atoms with E-state index >= 15 is 0 Å². The molecule has 22 heavy (non-hydrogen) atoms. The highest BCUT2D eigenvalue weighted by Crippen LogP contribution is 2.17. The molecule has 2 rings (SSSR count). The molecule has 0 unspecified atom stereocenters. The van der Waals surface area contributed by atoms with Crippen molar-refractivity contribution < 1.29 is 9.53 Å². The summed E-state index contributed by atoms with van der Waals surface area (Å²) in [4.78, 5) is 20.4. The van der Waals surface area contributed by atoms with Gasteiger partial charge in [-0.15, -0.1) is 0 Å². The summed E-state index contributed by atoms with van der Waals surface area (Å²) in [5.74, 6) is 0.924. The third-order valence-corrected chi connectivity index (χ3v) is 3.55. The Hall–Kier alpha value is -1.82. The molecule has 0 radical (unpaired) electrons.